The second kappa shape index (κ2) is 7.55. The van der Waals surface area contributed by atoms with Crippen LogP contribution in [0.15, 0.2) is 15.9 Å². The summed E-state index contributed by atoms with van der Waals surface area (Å²) in [6, 6.07) is 4.41. The lowest BCUT2D eigenvalue weighted by atomic mass is 9.81. The second-order valence-electron chi connectivity index (χ2n) is 5.12. The Labute approximate surface area is 118 Å². The van der Waals surface area contributed by atoms with Crippen LogP contribution < -0.4 is 5.32 Å². The molecule has 0 bridgehead atoms. The summed E-state index contributed by atoms with van der Waals surface area (Å²) in [4.78, 5) is 1.49. The van der Waals surface area contributed by atoms with Gasteiger partial charge in [-0.1, -0.05) is 27.2 Å². The van der Waals surface area contributed by atoms with Crippen molar-refractivity contribution in [1.82, 2.24) is 5.32 Å². The lowest BCUT2D eigenvalue weighted by Gasteiger charge is -2.29. The predicted molar refractivity (Wildman–Crippen MR) is 81.9 cm³/mol. The first-order valence-electron chi connectivity index (χ1n) is 6.54. The van der Waals surface area contributed by atoms with E-state index in [-0.39, 0.29) is 0 Å². The maximum absolute atomic E-state index is 3.58. The Kier molecular flexibility index (Phi) is 6.75. The number of hydrogen-bond donors (Lipinski definition) is 1. The molecule has 1 aromatic rings. The molecule has 0 amide bonds. The van der Waals surface area contributed by atoms with Crippen molar-refractivity contribution < 1.29 is 0 Å². The van der Waals surface area contributed by atoms with Gasteiger partial charge in [0.1, 0.15) is 0 Å². The van der Waals surface area contributed by atoms with E-state index in [0.717, 1.165) is 13.1 Å². The fourth-order valence-corrected chi connectivity index (χ4v) is 3.98. The lowest BCUT2D eigenvalue weighted by molar-refractivity contribution is 0.277. The molecule has 98 valence electrons. The lowest BCUT2D eigenvalue weighted by Crippen LogP contribution is -2.33. The highest BCUT2D eigenvalue weighted by Crippen LogP contribution is 2.32. The fraction of sp³-hybridized carbons (Fsp3) is 0.714. The Balaban J connectivity index is 2.56. The first-order valence-corrected chi connectivity index (χ1v) is 8.15. The summed E-state index contributed by atoms with van der Waals surface area (Å²) in [6.45, 7) is 9.17. The summed E-state index contributed by atoms with van der Waals surface area (Å²) < 4.78 is 1.24. The molecule has 1 aromatic heterocycles. The van der Waals surface area contributed by atoms with Crippen molar-refractivity contribution in [3.05, 3.63) is 20.8 Å². The van der Waals surface area contributed by atoms with Gasteiger partial charge in [0.15, 0.2) is 0 Å². The Morgan fingerprint density at radius 2 is 2.06 bits per heavy atom. The molecule has 1 nitrogen and oxygen atoms in total. The van der Waals surface area contributed by atoms with Gasteiger partial charge in [-0.15, -0.1) is 11.3 Å². The molecule has 1 atom stereocenters. The van der Waals surface area contributed by atoms with E-state index < -0.39 is 0 Å². The van der Waals surface area contributed by atoms with Crippen molar-refractivity contribution in [2.45, 2.75) is 46.5 Å². The minimum atomic E-state index is 0.397. The molecule has 1 heterocycles. The summed E-state index contributed by atoms with van der Waals surface area (Å²) >= 11 is 5.41. The number of hydrogen-bond acceptors (Lipinski definition) is 2. The third-order valence-electron chi connectivity index (χ3n) is 3.06. The van der Waals surface area contributed by atoms with Crippen LogP contribution in [0.5, 0.6) is 0 Å². The maximum Gasteiger partial charge on any atom is 0.0701 e. The maximum atomic E-state index is 3.58. The normalized spacial score (nSPS) is 14.8. The van der Waals surface area contributed by atoms with E-state index in [1.165, 1.54) is 34.3 Å². The summed E-state index contributed by atoms with van der Waals surface area (Å²) in [5, 5.41) is 3.58. The standard InChI is InChI=1S/C14H24BrNS/c1-4-8-14(3,11-16-9-5-2)10-12-6-7-13(15)17-12/h6-7,16H,4-5,8-11H2,1-3H3. The molecule has 1 unspecified atom stereocenters. The van der Waals surface area contributed by atoms with Crippen molar-refractivity contribution in [2.24, 2.45) is 5.41 Å². The van der Waals surface area contributed by atoms with E-state index in [9.17, 15) is 0 Å². The van der Waals surface area contributed by atoms with Crippen LogP contribution in [0.3, 0.4) is 0 Å². The zero-order valence-electron chi connectivity index (χ0n) is 11.2. The van der Waals surface area contributed by atoms with Gasteiger partial charge in [-0.2, -0.15) is 0 Å². The van der Waals surface area contributed by atoms with Crippen molar-refractivity contribution in [1.29, 1.82) is 0 Å². The van der Waals surface area contributed by atoms with E-state index in [0.29, 0.717) is 5.41 Å². The van der Waals surface area contributed by atoms with E-state index in [4.69, 9.17) is 0 Å². The smallest absolute Gasteiger partial charge is 0.0701 e. The highest BCUT2D eigenvalue weighted by atomic mass is 79.9. The molecule has 0 aromatic carbocycles. The molecular weight excluding hydrogens is 294 g/mol. The summed E-state index contributed by atoms with van der Waals surface area (Å²) in [7, 11) is 0. The molecule has 0 aliphatic heterocycles. The van der Waals surface area contributed by atoms with Gasteiger partial charge < -0.3 is 5.32 Å². The van der Waals surface area contributed by atoms with Crippen molar-refractivity contribution in [3.63, 3.8) is 0 Å². The number of nitrogens with one attached hydrogen (secondary N) is 1. The van der Waals surface area contributed by atoms with Gasteiger partial charge >= 0.3 is 0 Å². The van der Waals surface area contributed by atoms with Gasteiger partial charge in [0.05, 0.1) is 3.79 Å². The van der Waals surface area contributed by atoms with Crippen LogP contribution in [0.2, 0.25) is 0 Å². The summed E-state index contributed by atoms with van der Waals surface area (Å²) in [6.07, 6.45) is 4.96. The van der Waals surface area contributed by atoms with Crippen LogP contribution in [-0.4, -0.2) is 13.1 Å². The average Bonchev–Trinajstić information content (AvgIpc) is 2.64. The number of rotatable bonds is 8. The van der Waals surface area contributed by atoms with Crippen LogP contribution in [-0.2, 0) is 6.42 Å². The van der Waals surface area contributed by atoms with Gasteiger partial charge in [0.2, 0.25) is 0 Å². The Hall–Kier alpha value is 0.140. The van der Waals surface area contributed by atoms with Gasteiger partial charge in [-0.25, -0.2) is 0 Å². The van der Waals surface area contributed by atoms with E-state index >= 15 is 0 Å². The molecule has 0 aliphatic carbocycles. The summed E-state index contributed by atoms with van der Waals surface area (Å²) in [5.41, 5.74) is 0.397. The largest absolute Gasteiger partial charge is 0.316 e. The third kappa shape index (κ3) is 5.54. The summed E-state index contributed by atoms with van der Waals surface area (Å²) in [5.74, 6) is 0. The second-order valence-corrected chi connectivity index (χ2v) is 7.67. The molecule has 17 heavy (non-hydrogen) atoms. The molecule has 0 radical (unpaired) electrons. The molecule has 0 saturated carbocycles. The van der Waals surface area contributed by atoms with Gasteiger partial charge in [-0.3, -0.25) is 0 Å². The fourth-order valence-electron chi connectivity index (χ4n) is 2.28. The quantitative estimate of drug-likeness (QED) is 0.675. The highest BCUT2D eigenvalue weighted by molar-refractivity contribution is 9.11. The Morgan fingerprint density at radius 3 is 2.59 bits per heavy atom. The average molecular weight is 318 g/mol. The minimum Gasteiger partial charge on any atom is -0.316 e. The van der Waals surface area contributed by atoms with Crippen LogP contribution >= 0.6 is 27.3 Å². The first-order chi connectivity index (χ1) is 8.09. The van der Waals surface area contributed by atoms with Crippen molar-refractivity contribution in [3.8, 4) is 0 Å². The molecule has 0 saturated heterocycles. The molecular formula is C14H24BrNS. The molecule has 1 rings (SSSR count). The van der Waals surface area contributed by atoms with Crippen LogP contribution in [0.1, 0.15) is 44.9 Å². The van der Waals surface area contributed by atoms with Crippen molar-refractivity contribution in [2.75, 3.05) is 13.1 Å². The Morgan fingerprint density at radius 1 is 1.29 bits per heavy atom. The topological polar surface area (TPSA) is 12.0 Å². The number of halogens is 1. The van der Waals surface area contributed by atoms with Crippen LogP contribution in [0, 0.1) is 5.41 Å². The van der Waals surface area contributed by atoms with Crippen LogP contribution in [0.4, 0.5) is 0 Å². The highest BCUT2D eigenvalue weighted by Gasteiger charge is 2.24. The van der Waals surface area contributed by atoms with E-state index in [1.807, 2.05) is 11.3 Å². The van der Waals surface area contributed by atoms with Crippen LogP contribution in [0.25, 0.3) is 0 Å². The molecule has 0 fully saturated rings. The van der Waals surface area contributed by atoms with Gasteiger partial charge in [0.25, 0.3) is 0 Å². The Bertz CT molecular complexity index is 324. The van der Waals surface area contributed by atoms with E-state index in [1.54, 1.807) is 0 Å². The van der Waals surface area contributed by atoms with E-state index in [2.05, 4.69) is 54.2 Å². The molecule has 1 N–H and O–H groups in total. The minimum absolute atomic E-state index is 0.397. The first kappa shape index (κ1) is 15.2. The molecule has 0 aliphatic rings. The monoisotopic (exact) mass is 317 g/mol. The van der Waals surface area contributed by atoms with Gasteiger partial charge in [-0.05, 0) is 59.3 Å². The van der Waals surface area contributed by atoms with Gasteiger partial charge in [0, 0.05) is 11.4 Å². The predicted octanol–water partition coefficient (Wildman–Crippen LogP) is 4.86. The SMILES string of the molecule is CCCNCC(C)(CCC)Cc1ccc(Br)s1. The molecule has 3 heteroatoms. The third-order valence-corrected chi connectivity index (χ3v) is 4.69. The zero-order chi connectivity index (χ0) is 12.7. The number of thiophene rings is 1. The van der Waals surface area contributed by atoms with Crippen molar-refractivity contribution >= 4 is 27.3 Å². The molecule has 0 spiro atoms. The zero-order valence-corrected chi connectivity index (χ0v) is 13.6.